The molecule has 5 nitrogen and oxygen atoms in total. The van der Waals surface area contributed by atoms with Gasteiger partial charge in [0, 0.05) is 17.7 Å². The zero-order valence-corrected chi connectivity index (χ0v) is 15.7. The fraction of sp³-hybridized carbons (Fsp3) is 0.222. The number of benzene rings is 2. The maximum absolute atomic E-state index is 12.8. The Morgan fingerprint density at radius 1 is 1.15 bits per heavy atom. The lowest BCUT2D eigenvalue weighted by atomic mass is 9.98. The van der Waals surface area contributed by atoms with Crippen LogP contribution in [0, 0.1) is 0 Å². The first kappa shape index (κ1) is 18.8. The first-order chi connectivity index (χ1) is 12.3. The molecule has 0 aliphatic carbocycles. The molecule has 136 valence electrons. The zero-order valence-electron chi connectivity index (χ0n) is 13.4. The van der Waals surface area contributed by atoms with Crippen LogP contribution in [0.25, 0.3) is 0 Å². The fourth-order valence-corrected chi connectivity index (χ4v) is 2.69. The van der Waals surface area contributed by atoms with Crippen molar-refractivity contribution in [1.82, 2.24) is 5.32 Å². The highest BCUT2D eigenvalue weighted by atomic mass is 35.6. The number of ketones is 1. The van der Waals surface area contributed by atoms with Crippen molar-refractivity contribution in [2.75, 3.05) is 6.61 Å². The number of amides is 1. The Bertz CT molecular complexity index is 849. The normalized spacial score (nSPS) is 13.1. The lowest BCUT2D eigenvalue weighted by Gasteiger charge is -2.12. The van der Waals surface area contributed by atoms with Crippen molar-refractivity contribution < 1.29 is 19.1 Å². The van der Waals surface area contributed by atoms with Gasteiger partial charge in [-0.2, -0.15) is 0 Å². The molecular formula is C18H14Cl3NO4. The van der Waals surface area contributed by atoms with Gasteiger partial charge in [-0.15, -0.1) is 0 Å². The number of ether oxygens (including phenoxy) is 2. The van der Waals surface area contributed by atoms with E-state index in [0.29, 0.717) is 29.0 Å². The van der Waals surface area contributed by atoms with Gasteiger partial charge in [0.25, 0.3) is 0 Å². The molecule has 0 saturated carbocycles. The summed E-state index contributed by atoms with van der Waals surface area (Å²) in [5.74, 6) is 0.391. The van der Waals surface area contributed by atoms with E-state index in [9.17, 15) is 9.59 Å². The van der Waals surface area contributed by atoms with Crippen LogP contribution < -0.4 is 10.1 Å². The number of carbonyl (C=O) groups excluding carboxylic acids is 2. The van der Waals surface area contributed by atoms with E-state index in [1.54, 1.807) is 24.3 Å². The third-order valence-corrected chi connectivity index (χ3v) is 4.06. The predicted octanol–water partition coefficient (Wildman–Crippen LogP) is 4.41. The highest BCUT2D eigenvalue weighted by molar-refractivity contribution is 6.67. The molecule has 26 heavy (non-hydrogen) atoms. The third kappa shape index (κ3) is 4.61. The molecule has 3 rings (SSSR count). The summed E-state index contributed by atoms with van der Waals surface area (Å²) in [4.78, 5) is 24.4. The summed E-state index contributed by atoms with van der Waals surface area (Å²) in [5, 5.41) is 2.54. The second-order valence-electron chi connectivity index (χ2n) is 5.65. The highest BCUT2D eigenvalue weighted by Crippen LogP contribution is 2.29. The van der Waals surface area contributed by atoms with Crippen LogP contribution in [0.15, 0.2) is 42.5 Å². The zero-order chi connectivity index (χ0) is 18.7. The topological polar surface area (TPSA) is 64.6 Å². The Kier molecular flexibility index (Phi) is 5.61. The quantitative estimate of drug-likeness (QED) is 0.756. The van der Waals surface area contributed by atoms with Gasteiger partial charge in [-0.1, -0.05) is 65.1 Å². The molecule has 0 atom stereocenters. The van der Waals surface area contributed by atoms with Gasteiger partial charge in [-0.25, -0.2) is 4.79 Å². The van der Waals surface area contributed by atoms with Crippen LogP contribution in [0.5, 0.6) is 5.75 Å². The van der Waals surface area contributed by atoms with Crippen LogP contribution >= 0.6 is 34.8 Å². The number of alkyl carbamates (subject to hydrolysis) is 1. The minimum Gasteiger partial charge on any atom is -0.488 e. The van der Waals surface area contributed by atoms with Crippen molar-refractivity contribution in [2.24, 2.45) is 0 Å². The molecule has 0 fully saturated rings. The van der Waals surface area contributed by atoms with Gasteiger partial charge in [-0.3, -0.25) is 4.79 Å². The molecule has 0 aromatic heterocycles. The van der Waals surface area contributed by atoms with Crippen molar-refractivity contribution in [1.29, 1.82) is 0 Å². The number of hydrogen-bond donors (Lipinski definition) is 1. The SMILES string of the molecule is O=C(NCc1ccc2c(c1)C(=O)c1ccccc1CO2)OCC(Cl)(Cl)Cl. The van der Waals surface area contributed by atoms with Crippen molar-refractivity contribution in [2.45, 2.75) is 16.9 Å². The minimum absolute atomic E-state index is 0.117. The number of alkyl halides is 3. The molecule has 1 N–H and O–H groups in total. The molecule has 0 saturated heterocycles. The van der Waals surface area contributed by atoms with Crippen LogP contribution in [0.4, 0.5) is 4.79 Å². The first-order valence-electron chi connectivity index (χ1n) is 7.69. The number of rotatable bonds is 3. The monoisotopic (exact) mass is 413 g/mol. The smallest absolute Gasteiger partial charge is 0.407 e. The summed E-state index contributed by atoms with van der Waals surface area (Å²) >= 11 is 16.6. The number of fused-ring (bicyclic) bond motifs is 2. The van der Waals surface area contributed by atoms with Gasteiger partial charge in [0.05, 0.1) is 5.56 Å². The Balaban J connectivity index is 1.71. The first-order valence-corrected chi connectivity index (χ1v) is 8.82. The van der Waals surface area contributed by atoms with Crippen LogP contribution in [0.2, 0.25) is 0 Å². The molecule has 0 bridgehead atoms. The molecule has 2 aromatic carbocycles. The van der Waals surface area contributed by atoms with Gasteiger partial charge in [0.1, 0.15) is 19.0 Å². The molecule has 1 aliphatic heterocycles. The molecule has 0 unspecified atom stereocenters. The number of hydrogen-bond acceptors (Lipinski definition) is 4. The Morgan fingerprint density at radius 2 is 1.92 bits per heavy atom. The summed E-state index contributed by atoms with van der Waals surface area (Å²) < 4.78 is 8.85. The highest BCUT2D eigenvalue weighted by Gasteiger charge is 2.23. The number of carbonyl (C=O) groups is 2. The Morgan fingerprint density at radius 3 is 2.69 bits per heavy atom. The molecule has 2 aromatic rings. The van der Waals surface area contributed by atoms with Crippen molar-refractivity contribution in [3.05, 3.63) is 64.7 Å². The standard InChI is InChI=1S/C18H14Cl3NO4/c19-18(20,21)10-26-17(24)22-8-11-5-6-15-14(7-11)16(23)13-4-2-1-3-12(13)9-25-15/h1-7H,8-10H2,(H,22,24). The summed E-state index contributed by atoms with van der Waals surface area (Å²) in [6.07, 6.45) is -0.723. The summed E-state index contributed by atoms with van der Waals surface area (Å²) in [6.45, 7) is 0.119. The molecular weight excluding hydrogens is 401 g/mol. The van der Waals surface area contributed by atoms with E-state index in [0.717, 1.165) is 5.56 Å². The third-order valence-electron chi connectivity index (χ3n) is 3.74. The summed E-state index contributed by atoms with van der Waals surface area (Å²) in [6, 6.07) is 12.5. The van der Waals surface area contributed by atoms with Crippen LogP contribution in [-0.2, 0) is 17.9 Å². The average molecular weight is 415 g/mol. The molecule has 0 spiro atoms. The van der Waals surface area contributed by atoms with Gasteiger partial charge in [-0.05, 0) is 17.7 Å². The largest absolute Gasteiger partial charge is 0.488 e. The van der Waals surface area contributed by atoms with Gasteiger partial charge in [0.2, 0.25) is 3.79 Å². The van der Waals surface area contributed by atoms with E-state index in [4.69, 9.17) is 44.3 Å². The van der Waals surface area contributed by atoms with E-state index in [1.165, 1.54) is 0 Å². The van der Waals surface area contributed by atoms with E-state index >= 15 is 0 Å². The second kappa shape index (κ2) is 7.74. The van der Waals surface area contributed by atoms with Crippen LogP contribution in [-0.4, -0.2) is 22.3 Å². The maximum atomic E-state index is 12.8. The van der Waals surface area contributed by atoms with Gasteiger partial charge >= 0.3 is 6.09 Å². The van der Waals surface area contributed by atoms with Crippen molar-refractivity contribution in [3.8, 4) is 5.75 Å². The Labute approximate surface area is 165 Å². The van der Waals surface area contributed by atoms with E-state index in [1.807, 2.05) is 18.2 Å². The van der Waals surface area contributed by atoms with Crippen molar-refractivity contribution in [3.63, 3.8) is 0 Å². The Hall–Kier alpha value is -1.95. The summed E-state index contributed by atoms with van der Waals surface area (Å²) in [5.41, 5.74) is 2.61. The van der Waals surface area contributed by atoms with Crippen LogP contribution in [0.1, 0.15) is 27.0 Å². The summed E-state index contributed by atoms with van der Waals surface area (Å²) in [7, 11) is 0. The predicted molar refractivity (Wildman–Crippen MR) is 99.1 cm³/mol. The average Bonchev–Trinajstić information content (AvgIpc) is 2.75. The molecule has 0 radical (unpaired) electrons. The van der Waals surface area contributed by atoms with E-state index < -0.39 is 9.89 Å². The van der Waals surface area contributed by atoms with Gasteiger partial charge in [0.15, 0.2) is 5.78 Å². The maximum Gasteiger partial charge on any atom is 0.407 e. The number of halogens is 3. The number of nitrogens with one attached hydrogen (secondary N) is 1. The molecule has 1 amide bonds. The minimum atomic E-state index is -1.67. The second-order valence-corrected chi connectivity index (χ2v) is 8.17. The lowest BCUT2D eigenvalue weighted by molar-refractivity contribution is 0.103. The fourth-order valence-electron chi connectivity index (χ4n) is 2.53. The molecule has 1 aliphatic rings. The lowest BCUT2D eigenvalue weighted by Crippen LogP contribution is -2.27. The van der Waals surface area contributed by atoms with Crippen molar-refractivity contribution >= 4 is 46.7 Å². The van der Waals surface area contributed by atoms with Crippen LogP contribution in [0.3, 0.4) is 0 Å². The van der Waals surface area contributed by atoms with E-state index in [-0.39, 0.29) is 18.9 Å². The molecule has 8 heteroatoms. The van der Waals surface area contributed by atoms with Gasteiger partial charge < -0.3 is 14.8 Å². The molecule has 1 heterocycles. The van der Waals surface area contributed by atoms with E-state index in [2.05, 4.69) is 5.32 Å².